The van der Waals surface area contributed by atoms with Gasteiger partial charge in [-0.3, -0.25) is 0 Å². The van der Waals surface area contributed by atoms with Crippen LogP contribution >= 0.6 is 11.6 Å². The number of hydrogen-bond donors (Lipinski definition) is 0. The predicted octanol–water partition coefficient (Wildman–Crippen LogP) is 4.18. The number of halogens is 1. The number of methoxy groups -OCH3 is 1. The van der Waals surface area contributed by atoms with E-state index in [-0.39, 0.29) is 0 Å². The fourth-order valence-electron chi connectivity index (χ4n) is 2.34. The van der Waals surface area contributed by atoms with Crippen LogP contribution in [0.3, 0.4) is 0 Å². The predicted molar refractivity (Wildman–Crippen MR) is 84.1 cm³/mol. The molecule has 3 aromatic rings. The van der Waals surface area contributed by atoms with Gasteiger partial charge < -0.3 is 4.74 Å². The third-order valence-electron chi connectivity index (χ3n) is 3.46. The van der Waals surface area contributed by atoms with Crippen LogP contribution in [0.5, 0.6) is 5.75 Å². The fourth-order valence-corrected chi connectivity index (χ4v) is 2.57. The topological polar surface area (TPSA) is 39.4 Å². The van der Waals surface area contributed by atoms with E-state index in [9.17, 15) is 0 Å². The van der Waals surface area contributed by atoms with Crippen LogP contribution in [-0.4, -0.2) is 21.7 Å². The number of rotatable bonds is 3. The van der Waals surface area contributed by atoms with E-state index in [1.165, 1.54) is 0 Å². The minimum atomic E-state index is 0.332. The Morgan fingerprint density at radius 2 is 2.00 bits per heavy atom. The molecule has 1 aromatic carbocycles. The molecule has 0 radical (unpaired) electrons. The van der Waals surface area contributed by atoms with Crippen molar-refractivity contribution in [3.63, 3.8) is 0 Å². The summed E-state index contributed by atoms with van der Waals surface area (Å²) in [6, 6.07) is 9.58. The molecule has 0 aliphatic carbocycles. The maximum absolute atomic E-state index is 6.35. The van der Waals surface area contributed by atoms with Gasteiger partial charge in [-0.05, 0) is 18.1 Å². The van der Waals surface area contributed by atoms with Crippen molar-refractivity contribution < 1.29 is 4.74 Å². The Hall–Kier alpha value is -2.07. The number of aromatic nitrogens is 3. The number of para-hydroxylation sites is 1. The summed E-state index contributed by atoms with van der Waals surface area (Å²) in [5.41, 5.74) is 3.57. The van der Waals surface area contributed by atoms with E-state index in [1.807, 2.05) is 36.5 Å². The van der Waals surface area contributed by atoms with Gasteiger partial charge in [0, 0.05) is 17.2 Å². The van der Waals surface area contributed by atoms with E-state index in [0.29, 0.717) is 11.1 Å². The van der Waals surface area contributed by atoms with Gasteiger partial charge in [0.1, 0.15) is 10.9 Å². The molecular weight excluding hydrogens is 286 g/mol. The summed E-state index contributed by atoms with van der Waals surface area (Å²) in [5, 5.41) is 4.84. The van der Waals surface area contributed by atoms with Gasteiger partial charge in [0.25, 0.3) is 0 Å². The van der Waals surface area contributed by atoms with Crippen LogP contribution in [0.2, 0.25) is 5.15 Å². The van der Waals surface area contributed by atoms with Gasteiger partial charge in [-0.2, -0.15) is 5.10 Å². The minimum Gasteiger partial charge on any atom is -0.496 e. The number of benzene rings is 1. The van der Waals surface area contributed by atoms with Gasteiger partial charge in [-0.1, -0.05) is 37.6 Å². The van der Waals surface area contributed by atoms with Gasteiger partial charge in [0.15, 0.2) is 5.65 Å². The zero-order chi connectivity index (χ0) is 15.0. The van der Waals surface area contributed by atoms with Crippen molar-refractivity contribution >= 4 is 17.2 Å². The Kier molecular flexibility index (Phi) is 3.55. The number of hydrogen-bond acceptors (Lipinski definition) is 3. The first kappa shape index (κ1) is 13.9. The Bertz CT molecular complexity index is 795. The van der Waals surface area contributed by atoms with Crippen molar-refractivity contribution in [1.29, 1.82) is 0 Å². The molecular formula is C16H16ClN3O. The first-order chi connectivity index (χ1) is 10.1. The zero-order valence-corrected chi connectivity index (χ0v) is 12.9. The van der Waals surface area contributed by atoms with Crippen LogP contribution in [0.25, 0.3) is 16.9 Å². The second-order valence-electron chi connectivity index (χ2n) is 5.15. The Labute approximate surface area is 128 Å². The third-order valence-corrected chi connectivity index (χ3v) is 3.73. The lowest BCUT2D eigenvalue weighted by molar-refractivity contribution is 0.416. The standard InChI is InChI=1S/C16H16ClN3O/c1-10(2)12-9-18-20-15(17)8-13(19-16(12)20)11-6-4-5-7-14(11)21-3/h4-10H,1-3H3. The molecule has 2 aromatic heterocycles. The molecule has 21 heavy (non-hydrogen) atoms. The lowest BCUT2D eigenvalue weighted by Crippen LogP contribution is -1.98. The Morgan fingerprint density at radius 3 is 2.71 bits per heavy atom. The van der Waals surface area contributed by atoms with Crippen molar-refractivity contribution in [1.82, 2.24) is 14.6 Å². The molecule has 0 N–H and O–H groups in total. The molecule has 2 heterocycles. The first-order valence-corrected chi connectivity index (χ1v) is 7.17. The zero-order valence-electron chi connectivity index (χ0n) is 12.2. The summed E-state index contributed by atoms with van der Waals surface area (Å²) >= 11 is 6.35. The summed E-state index contributed by atoms with van der Waals surface area (Å²) in [7, 11) is 1.65. The highest BCUT2D eigenvalue weighted by atomic mass is 35.5. The molecule has 0 atom stereocenters. The van der Waals surface area contributed by atoms with Crippen LogP contribution in [0.4, 0.5) is 0 Å². The molecule has 0 bridgehead atoms. The van der Waals surface area contributed by atoms with Crippen LogP contribution in [0, 0.1) is 0 Å². The molecule has 0 saturated carbocycles. The maximum atomic E-state index is 6.35. The lowest BCUT2D eigenvalue weighted by Gasteiger charge is -2.09. The fraction of sp³-hybridized carbons (Fsp3) is 0.250. The third kappa shape index (κ3) is 2.36. The van der Waals surface area contributed by atoms with Crippen LogP contribution in [0.15, 0.2) is 36.5 Å². The van der Waals surface area contributed by atoms with E-state index in [4.69, 9.17) is 21.3 Å². The second kappa shape index (κ2) is 5.37. The number of nitrogens with zero attached hydrogens (tertiary/aromatic N) is 3. The van der Waals surface area contributed by atoms with E-state index in [0.717, 1.165) is 28.2 Å². The van der Waals surface area contributed by atoms with Crippen molar-refractivity contribution in [3.05, 3.63) is 47.2 Å². The first-order valence-electron chi connectivity index (χ1n) is 6.79. The summed E-state index contributed by atoms with van der Waals surface area (Å²) < 4.78 is 7.07. The average Bonchev–Trinajstić information content (AvgIpc) is 2.91. The van der Waals surface area contributed by atoms with Gasteiger partial charge in [-0.25, -0.2) is 9.50 Å². The lowest BCUT2D eigenvalue weighted by atomic mass is 10.1. The van der Waals surface area contributed by atoms with Crippen molar-refractivity contribution in [2.45, 2.75) is 19.8 Å². The van der Waals surface area contributed by atoms with Crippen LogP contribution in [-0.2, 0) is 0 Å². The molecule has 0 unspecified atom stereocenters. The molecule has 0 amide bonds. The molecule has 0 aliphatic heterocycles. The monoisotopic (exact) mass is 301 g/mol. The minimum absolute atomic E-state index is 0.332. The van der Waals surface area contributed by atoms with E-state index >= 15 is 0 Å². The van der Waals surface area contributed by atoms with Gasteiger partial charge >= 0.3 is 0 Å². The largest absolute Gasteiger partial charge is 0.496 e. The van der Waals surface area contributed by atoms with Crippen molar-refractivity contribution in [2.24, 2.45) is 0 Å². The highest BCUT2D eigenvalue weighted by Crippen LogP contribution is 2.31. The molecule has 0 spiro atoms. The summed E-state index contributed by atoms with van der Waals surface area (Å²) in [5.74, 6) is 1.11. The maximum Gasteiger partial charge on any atom is 0.160 e. The van der Waals surface area contributed by atoms with E-state index in [2.05, 4.69) is 18.9 Å². The summed E-state index contributed by atoms with van der Waals surface area (Å²) in [6.45, 7) is 4.23. The van der Waals surface area contributed by atoms with Gasteiger partial charge in [-0.15, -0.1) is 0 Å². The Morgan fingerprint density at radius 1 is 1.24 bits per heavy atom. The second-order valence-corrected chi connectivity index (χ2v) is 5.54. The molecule has 108 valence electrons. The van der Waals surface area contributed by atoms with E-state index in [1.54, 1.807) is 11.6 Å². The number of fused-ring (bicyclic) bond motifs is 1. The SMILES string of the molecule is COc1ccccc1-c1cc(Cl)n2ncc(C(C)C)c2n1. The normalized spacial score (nSPS) is 11.3. The summed E-state index contributed by atoms with van der Waals surface area (Å²) in [4.78, 5) is 4.73. The number of ether oxygens (including phenoxy) is 1. The van der Waals surface area contributed by atoms with Crippen molar-refractivity contribution in [2.75, 3.05) is 7.11 Å². The van der Waals surface area contributed by atoms with Gasteiger partial charge in [0.05, 0.1) is 19.0 Å². The smallest absolute Gasteiger partial charge is 0.160 e. The Balaban J connectivity index is 2.26. The van der Waals surface area contributed by atoms with Crippen molar-refractivity contribution in [3.8, 4) is 17.0 Å². The highest BCUT2D eigenvalue weighted by molar-refractivity contribution is 6.30. The van der Waals surface area contributed by atoms with Crippen LogP contribution < -0.4 is 4.74 Å². The van der Waals surface area contributed by atoms with E-state index < -0.39 is 0 Å². The summed E-state index contributed by atoms with van der Waals surface area (Å²) in [6.07, 6.45) is 1.82. The molecule has 0 saturated heterocycles. The molecule has 0 fully saturated rings. The highest BCUT2D eigenvalue weighted by Gasteiger charge is 2.15. The molecule has 3 rings (SSSR count). The quantitative estimate of drug-likeness (QED) is 0.681. The van der Waals surface area contributed by atoms with Crippen LogP contribution in [0.1, 0.15) is 25.3 Å². The average molecular weight is 302 g/mol. The van der Waals surface area contributed by atoms with Gasteiger partial charge in [0.2, 0.25) is 0 Å². The molecule has 5 heteroatoms. The molecule has 0 aliphatic rings. The molecule has 4 nitrogen and oxygen atoms in total.